The molecule has 80 heavy (non-hydrogen) atoms. The molecule has 0 aromatic heterocycles. The monoisotopic (exact) mass is 1030 g/mol. The van der Waals surface area contributed by atoms with Crippen molar-refractivity contribution < 1.29 is 0 Å². The van der Waals surface area contributed by atoms with Gasteiger partial charge in [-0.1, -0.05) is 269 Å². The van der Waals surface area contributed by atoms with Crippen molar-refractivity contribution in [2.24, 2.45) is 0 Å². The zero-order chi connectivity index (χ0) is 54.2. The van der Waals surface area contributed by atoms with Gasteiger partial charge in [-0.15, -0.1) is 0 Å². The minimum Gasteiger partial charge on any atom is -0.398 e. The van der Waals surface area contributed by atoms with Crippen LogP contribution in [0.1, 0.15) is 43.9 Å². The molecule has 1 unspecified atom stereocenters. The predicted octanol–water partition coefficient (Wildman–Crippen LogP) is 21.1. The molecule has 2 heteroatoms. The van der Waals surface area contributed by atoms with Gasteiger partial charge < -0.3 is 10.6 Å². The Hall–Kier alpha value is -9.76. The number of nitrogens with two attached hydrogens (primary N) is 1. The fourth-order valence-corrected chi connectivity index (χ4v) is 12.6. The van der Waals surface area contributed by atoms with Gasteiger partial charge in [0.1, 0.15) is 0 Å². The molecule has 0 fully saturated rings. The number of hydrogen-bond acceptors (Lipinski definition) is 2. The quantitative estimate of drug-likeness (QED) is 0.124. The molecule has 384 valence electrons. The van der Waals surface area contributed by atoms with Gasteiger partial charge in [-0.3, -0.25) is 0 Å². The Bertz CT molecular complexity index is 4010. The highest BCUT2D eigenvalue weighted by Gasteiger charge is 2.46. The Kier molecular flexibility index (Phi) is 13.0. The van der Waals surface area contributed by atoms with E-state index in [2.05, 4.69) is 323 Å². The van der Waals surface area contributed by atoms with Crippen LogP contribution in [0.5, 0.6) is 0 Å². The van der Waals surface area contributed by atoms with Gasteiger partial charge in [0.05, 0.1) is 0 Å². The van der Waals surface area contributed by atoms with Crippen molar-refractivity contribution in [1.82, 2.24) is 0 Å². The molecule has 12 aromatic carbocycles. The molecule has 1 atom stereocenters. The number of hydrogen-bond donors (Lipinski definition) is 1. The van der Waals surface area contributed by atoms with Crippen LogP contribution in [-0.4, -0.2) is 0 Å². The summed E-state index contributed by atoms with van der Waals surface area (Å²) >= 11 is 0. The minimum absolute atomic E-state index is 0.0151. The van der Waals surface area contributed by atoms with Crippen molar-refractivity contribution in [3.8, 4) is 89.0 Å². The molecular weight excluding hydrogens is 965 g/mol. The third-order valence-corrected chi connectivity index (χ3v) is 16.7. The molecule has 0 aliphatic heterocycles. The Morgan fingerprint density at radius 1 is 0.287 bits per heavy atom. The molecule has 0 amide bonds. The Balaban J connectivity index is 0.839. The second-order valence-electron chi connectivity index (χ2n) is 22.3. The van der Waals surface area contributed by atoms with Gasteiger partial charge >= 0.3 is 0 Å². The number of nitrogen functional groups attached to an aromatic ring is 1. The van der Waals surface area contributed by atoms with E-state index in [1.807, 2.05) is 0 Å². The van der Waals surface area contributed by atoms with Crippen molar-refractivity contribution in [2.45, 2.75) is 38.0 Å². The van der Waals surface area contributed by atoms with Crippen LogP contribution in [-0.2, 0) is 10.8 Å². The summed E-state index contributed by atoms with van der Waals surface area (Å²) in [5.41, 5.74) is 33.6. The van der Waals surface area contributed by atoms with Crippen LogP contribution < -0.4 is 10.6 Å². The van der Waals surface area contributed by atoms with Crippen LogP contribution in [0.2, 0.25) is 0 Å². The largest absolute Gasteiger partial charge is 0.398 e. The maximum Gasteiger partial charge on any atom is 0.0462 e. The maximum absolute atomic E-state index is 7.07. The minimum atomic E-state index is -0.217. The number of benzene rings is 12. The van der Waals surface area contributed by atoms with Gasteiger partial charge in [-0.25, -0.2) is 0 Å². The van der Waals surface area contributed by atoms with E-state index in [1.54, 1.807) is 0 Å². The Morgan fingerprint density at radius 3 is 1.02 bits per heavy atom. The van der Waals surface area contributed by atoms with Crippen molar-refractivity contribution >= 4 is 22.7 Å². The van der Waals surface area contributed by atoms with E-state index in [0.29, 0.717) is 0 Å². The first-order chi connectivity index (χ1) is 39.2. The fraction of sp³-hybridized carbons (Fsp3) is 0.0769. The summed E-state index contributed by atoms with van der Waals surface area (Å²) in [7, 11) is 0. The van der Waals surface area contributed by atoms with E-state index in [4.69, 9.17) is 5.73 Å². The molecule has 2 N–H and O–H groups in total. The SMILES string of the molecule is CC1(C)CC(C)(c2ccc(-c3ccc(N)c(-c4ccc(-c5ccccc5)cc4)c3-c3ccc(-c4ccccc4)cc3)cc2)c2cc(-c3ccc(N(c4ccc(-c5ccccc5)cc4)c4ccc(-c5ccccc5)cc4)cc3)ccc21. The lowest BCUT2D eigenvalue weighted by Crippen LogP contribution is -2.23. The highest BCUT2D eigenvalue weighted by molar-refractivity contribution is 6.00. The first-order valence-corrected chi connectivity index (χ1v) is 27.9. The van der Waals surface area contributed by atoms with Crippen LogP contribution >= 0.6 is 0 Å². The van der Waals surface area contributed by atoms with E-state index in [0.717, 1.165) is 62.6 Å². The predicted molar refractivity (Wildman–Crippen MR) is 340 cm³/mol. The summed E-state index contributed by atoms with van der Waals surface area (Å²) < 4.78 is 0. The molecule has 0 spiro atoms. The lowest BCUT2D eigenvalue weighted by atomic mass is 9.74. The summed E-state index contributed by atoms with van der Waals surface area (Å²) in [6.07, 6.45) is 1.00. The van der Waals surface area contributed by atoms with Crippen LogP contribution in [0.25, 0.3) is 89.0 Å². The molecule has 0 bridgehead atoms. The van der Waals surface area contributed by atoms with Gasteiger partial charge in [0.25, 0.3) is 0 Å². The van der Waals surface area contributed by atoms with Crippen molar-refractivity contribution in [2.75, 3.05) is 10.6 Å². The van der Waals surface area contributed by atoms with E-state index in [-0.39, 0.29) is 10.8 Å². The summed E-state index contributed by atoms with van der Waals surface area (Å²) in [6, 6.07) is 108. The molecule has 12 aromatic rings. The van der Waals surface area contributed by atoms with Gasteiger partial charge in [0.15, 0.2) is 0 Å². The average molecular weight is 1030 g/mol. The summed E-state index contributed by atoms with van der Waals surface area (Å²) in [6.45, 7) is 7.27. The maximum atomic E-state index is 7.07. The third-order valence-electron chi connectivity index (χ3n) is 16.7. The molecule has 13 rings (SSSR count). The topological polar surface area (TPSA) is 29.3 Å². The van der Waals surface area contributed by atoms with Gasteiger partial charge in [-0.05, 0) is 161 Å². The molecule has 0 saturated carbocycles. The normalized spacial score (nSPS) is 14.3. The molecule has 0 saturated heterocycles. The number of anilines is 4. The first-order valence-electron chi connectivity index (χ1n) is 27.9. The van der Waals surface area contributed by atoms with Gasteiger partial charge in [-0.2, -0.15) is 0 Å². The zero-order valence-corrected chi connectivity index (χ0v) is 45.5. The van der Waals surface area contributed by atoms with Crippen LogP contribution in [0.15, 0.2) is 297 Å². The molecular formula is C78H62N2. The Morgan fingerprint density at radius 2 is 0.613 bits per heavy atom. The number of rotatable bonds is 12. The summed E-state index contributed by atoms with van der Waals surface area (Å²) in [4.78, 5) is 2.36. The fourth-order valence-electron chi connectivity index (χ4n) is 12.6. The van der Waals surface area contributed by atoms with Crippen LogP contribution in [0.4, 0.5) is 22.7 Å². The van der Waals surface area contributed by atoms with Crippen molar-refractivity contribution in [1.29, 1.82) is 0 Å². The standard InChI is InChI=1S/C78H62N2/c1-77(2)53-78(3,67-41-32-63(33-42-67)71-49-51-74(79)76(65-30-26-59(27-31-65)55-18-10-5-11-19-55)75(71)64-28-24-58(25-29-64)54-16-8-4-9-17-54)73-52-66(40-50-72(73)77)62-38-47-70(48-39-62)80(68-43-34-60(35-44-68)56-20-12-6-13-21-56)69-45-36-61(37-46-69)57-22-14-7-15-23-57/h4-52H,53,79H2,1-3H3. The van der Waals surface area contributed by atoms with Crippen molar-refractivity contribution in [3.05, 3.63) is 314 Å². The summed E-state index contributed by atoms with van der Waals surface area (Å²) in [5.74, 6) is 0. The highest BCUT2D eigenvalue weighted by atomic mass is 15.1. The molecule has 2 nitrogen and oxygen atoms in total. The van der Waals surface area contributed by atoms with Gasteiger partial charge in [0, 0.05) is 33.7 Å². The lowest BCUT2D eigenvalue weighted by Gasteiger charge is -2.29. The van der Waals surface area contributed by atoms with E-state index in [1.165, 1.54) is 72.3 Å². The molecule has 0 radical (unpaired) electrons. The molecule has 1 aliphatic rings. The van der Waals surface area contributed by atoms with Gasteiger partial charge in [0.2, 0.25) is 0 Å². The zero-order valence-electron chi connectivity index (χ0n) is 45.5. The molecule has 1 aliphatic carbocycles. The lowest BCUT2D eigenvalue weighted by molar-refractivity contribution is 0.425. The van der Waals surface area contributed by atoms with E-state index in [9.17, 15) is 0 Å². The van der Waals surface area contributed by atoms with E-state index < -0.39 is 0 Å². The number of nitrogens with zero attached hydrogens (tertiary/aromatic N) is 1. The van der Waals surface area contributed by atoms with Crippen LogP contribution in [0, 0.1) is 0 Å². The second-order valence-corrected chi connectivity index (χ2v) is 22.3. The number of fused-ring (bicyclic) bond motifs is 1. The second kappa shape index (κ2) is 20.9. The first kappa shape index (κ1) is 49.8. The van der Waals surface area contributed by atoms with Crippen LogP contribution in [0.3, 0.4) is 0 Å². The third kappa shape index (κ3) is 9.50. The smallest absolute Gasteiger partial charge is 0.0462 e. The van der Waals surface area contributed by atoms with Crippen molar-refractivity contribution in [3.63, 3.8) is 0 Å². The van der Waals surface area contributed by atoms with E-state index >= 15 is 0 Å². The average Bonchev–Trinajstić information content (AvgIpc) is 3.97. The molecule has 0 heterocycles. The summed E-state index contributed by atoms with van der Waals surface area (Å²) in [5, 5.41) is 0. The highest BCUT2D eigenvalue weighted by Crippen LogP contribution is 2.54. The Labute approximate surface area is 471 Å².